The zero-order chi connectivity index (χ0) is 20.0. The number of rotatable bonds is 7. The summed E-state index contributed by atoms with van der Waals surface area (Å²) < 4.78 is 6.50. The van der Waals surface area contributed by atoms with Gasteiger partial charge in [0.1, 0.15) is 0 Å². The van der Waals surface area contributed by atoms with Crippen molar-refractivity contribution in [2.75, 3.05) is 39.3 Å². The minimum absolute atomic E-state index is 0.187. The summed E-state index contributed by atoms with van der Waals surface area (Å²) in [7, 11) is 0. The molecule has 2 saturated heterocycles. The molecule has 1 aromatic heterocycles. The monoisotopic (exact) mass is 389 g/mol. The average Bonchev–Trinajstić information content (AvgIpc) is 3.20. The predicted molar refractivity (Wildman–Crippen MR) is 109 cm³/mol. The lowest BCUT2D eigenvalue weighted by Gasteiger charge is -2.41. The fraction of sp³-hybridized carbons (Fsp3) is 0.727. The Morgan fingerprint density at radius 1 is 1.18 bits per heavy atom. The molecule has 3 rings (SSSR count). The van der Waals surface area contributed by atoms with Crippen LogP contribution in [0.3, 0.4) is 0 Å². The molecule has 2 aliphatic heterocycles. The van der Waals surface area contributed by atoms with Crippen LogP contribution in [-0.4, -0.2) is 60.2 Å². The molecule has 0 N–H and O–H groups in total. The van der Waals surface area contributed by atoms with Crippen LogP contribution in [0.15, 0.2) is 24.5 Å². The second-order valence-electron chi connectivity index (χ2n) is 9.04. The topological polar surface area (TPSA) is 54.9 Å². The first kappa shape index (κ1) is 21.2. The van der Waals surface area contributed by atoms with E-state index in [9.17, 15) is 4.79 Å². The fourth-order valence-corrected chi connectivity index (χ4v) is 3.90. The highest BCUT2D eigenvalue weighted by Crippen LogP contribution is 2.37. The summed E-state index contributed by atoms with van der Waals surface area (Å²) in [6, 6.07) is 4.07. The lowest BCUT2D eigenvalue weighted by atomic mass is 9.85. The van der Waals surface area contributed by atoms with E-state index in [1.165, 1.54) is 25.9 Å². The lowest BCUT2D eigenvalue weighted by Crippen LogP contribution is -2.46. The van der Waals surface area contributed by atoms with Gasteiger partial charge in [-0.25, -0.2) is 4.79 Å². The number of pyridine rings is 1. The molecular weight excluding hydrogens is 354 g/mol. The van der Waals surface area contributed by atoms with Crippen molar-refractivity contribution in [2.24, 2.45) is 5.41 Å². The maximum Gasteiger partial charge on any atom is 0.330 e. The molecule has 0 aliphatic carbocycles. The Bertz CT molecular complexity index is 616. The number of piperidine rings is 1. The van der Waals surface area contributed by atoms with Crippen molar-refractivity contribution in [3.63, 3.8) is 0 Å². The first-order valence-corrected chi connectivity index (χ1v) is 10.6. The van der Waals surface area contributed by atoms with Crippen LogP contribution in [0.2, 0.25) is 0 Å². The van der Waals surface area contributed by atoms with Gasteiger partial charge in [-0.05, 0) is 72.0 Å². The van der Waals surface area contributed by atoms with Crippen LogP contribution >= 0.6 is 0 Å². The highest BCUT2D eigenvalue weighted by Gasteiger charge is 2.39. The van der Waals surface area contributed by atoms with E-state index in [-0.39, 0.29) is 11.6 Å². The molecule has 2 aliphatic rings. The molecule has 2 fully saturated rings. The van der Waals surface area contributed by atoms with Crippen molar-refractivity contribution in [3.8, 4) is 0 Å². The Kier molecular flexibility index (Phi) is 7.07. The third kappa shape index (κ3) is 5.52. The first-order chi connectivity index (χ1) is 13.4. The molecule has 0 unspecified atom stereocenters. The molecule has 1 aromatic rings. The van der Waals surface area contributed by atoms with Crippen LogP contribution in [0.25, 0.3) is 0 Å². The van der Waals surface area contributed by atoms with Gasteiger partial charge >= 0.3 is 5.97 Å². The highest BCUT2D eigenvalue weighted by atomic mass is 16.7. The summed E-state index contributed by atoms with van der Waals surface area (Å²) in [6.07, 6.45) is 8.99. The quantitative estimate of drug-likeness (QED) is 0.667. The number of carbonyl (C=O) groups is 1. The van der Waals surface area contributed by atoms with Crippen LogP contribution in [-0.2, 0) is 20.0 Å². The molecule has 0 saturated carbocycles. The van der Waals surface area contributed by atoms with Crippen molar-refractivity contribution in [1.82, 2.24) is 14.9 Å². The van der Waals surface area contributed by atoms with E-state index >= 15 is 0 Å². The number of hydrogen-bond acceptors (Lipinski definition) is 6. The van der Waals surface area contributed by atoms with Gasteiger partial charge in [0, 0.05) is 44.2 Å². The largest absolute Gasteiger partial charge is 0.370 e. The van der Waals surface area contributed by atoms with E-state index in [1.54, 1.807) is 11.3 Å². The van der Waals surface area contributed by atoms with Crippen molar-refractivity contribution in [2.45, 2.75) is 58.5 Å². The van der Waals surface area contributed by atoms with Gasteiger partial charge in [-0.3, -0.25) is 4.98 Å². The molecule has 28 heavy (non-hydrogen) atoms. The summed E-state index contributed by atoms with van der Waals surface area (Å²) in [5.41, 5.74) is 0.284. The minimum Gasteiger partial charge on any atom is -0.370 e. The van der Waals surface area contributed by atoms with Crippen molar-refractivity contribution in [1.29, 1.82) is 0 Å². The summed E-state index contributed by atoms with van der Waals surface area (Å²) in [4.78, 5) is 24.6. The number of aromatic nitrogens is 1. The van der Waals surface area contributed by atoms with Crippen molar-refractivity contribution < 1.29 is 14.4 Å². The second-order valence-corrected chi connectivity index (χ2v) is 9.04. The Balaban J connectivity index is 1.57. The van der Waals surface area contributed by atoms with Gasteiger partial charge in [-0.1, -0.05) is 6.07 Å². The fourth-order valence-electron chi connectivity index (χ4n) is 3.90. The molecule has 0 amide bonds. The van der Waals surface area contributed by atoms with Gasteiger partial charge in [-0.2, -0.15) is 0 Å². The Morgan fingerprint density at radius 3 is 2.50 bits per heavy atom. The highest BCUT2D eigenvalue weighted by molar-refractivity contribution is 5.75. The first-order valence-electron chi connectivity index (χ1n) is 10.6. The molecule has 0 atom stereocenters. The molecule has 6 heteroatoms. The molecule has 0 aromatic carbocycles. The smallest absolute Gasteiger partial charge is 0.330 e. The van der Waals surface area contributed by atoms with Gasteiger partial charge < -0.3 is 14.5 Å². The number of carbonyl (C=O) groups excluding carboxylic acids is 1. The molecule has 156 valence electrons. The van der Waals surface area contributed by atoms with Crippen LogP contribution in [0, 0.1) is 5.41 Å². The SMILES string of the molecule is CC(C)(C)C(=O)ON1CCC(OCCCN2CCCC2)(c2cccnc2)CC1. The van der Waals surface area contributed by atoms with E-state index in [0.29, 0.717) is 13.1 Å². The van der Waals surface area contributed by atoms with E-state index in [1.807, 2.05) is 33.0 Å². The van der Waals surface area contributed by atoms with Crippen LogP contribution in [0.4, 0.5) is 0 Å². The maximum atomic E-state index is 12.2. The molecule has 3 heterocycles. The zero-order valence-corrected chi connectivity index (χ0v) is 17.7. The Morgan fingerprint density at radius 2 is 1.89 bits per heavy atom. The maximum absolute atomic E-state index is 12.2. The molecule has 0 spiro atoms. The van der Waals surface area contributed by atoms with Gasteiger partial charge in [0.05, 0.1) is 11.0 Å². The standard InChI is InChI=1S/C22H35N3O3/c1-21(2,3)20(26)28-25-15-9-22(10-16-25,19-8-6-11-23-18-19)27-17-7-14-24-12-4-5-13-24/h6,8,11,18H,4-5,7,9-10,12-17H2,1-3H3. The van der Waals surface area contributed by atoms with Crippen LogP contribution in [0.5, 0.6) is 0 Å². The zero-order valence-electron chi connectivity index (χ0n) is 17.7. The van der Waals surface area contributed by atoms with E-state index in [4.69, 9.17) is 9.57 Å². The lowest BCUT2D eigenvalue weighted by molar-refractivity contribution is -0.219. The number of hydroxylamine groups is 2. The van der Waals surface area contributed by atoms with E-state index < -0.39 is 5.41 Å². The summed E-state index contributed by atoms with van der Waals surface area (Å²) in [6.45, 7) is 11.3. The minimum atomic E-state index is -0.496. The van der Waals surface area contributed by atoms with Crippen molar-refractivity contribution >= 4 is 5.97 Å². The van der Waals surface area contributed by atoms with Crippen LogP contribution in [0.1, 0.15) is 58.4 Å². The summed E-state index contributed by atoms with van der Waals surface area (Å²) in [5.74, 6) is -0.187. The molecule has 6 nitrogen and oxygen atoms in total. The van der Waals surface area contributed by atoms with Gasteiger partial charge in [0.2, 0.25) is 0 Å². The predicted octanol–water partition coefficient (Wildman–Crippen LogP) is 3.38. The molecule has 0 radical (unpaired) electrons. The van der Waals surface area contributed by atoms with Crippen molar-refractivity contribution in [3.05, 3.63) is 30.1 Å². The molecular formula is C22H35N3O3. The van der Waals surface area contributed by atoms with Crippen LogP contribution < -0.4 is 0 Å². The summed E-state index contributed by atoms with van der Waals surface area (Å²) in [5, 5.41) is 1.79. The third-order valence-corrected chi connectivity index (χ3v) is 5.74. The second kappa shape index (κ2) is 9.33. The number of hydrogen-bond donors (Lipinski definition) is 0. The number of ether oxygens (including phenoxy) is 1. The average molecular weight is 390 g/mol. The molecule has 0 bridgehead atoms. The Labute approximate surface area is 169 Å². The van der Waals surface area contributed by atoms with E-state index in [0.717, 1.165) is 38.0 Å². The van der Waals surface area contributed by atoms with Gasteiger partial charge in [-0.15, -0.1) is 5.06 Å². The number of likely N-dealkylation sites (tertiary alicyclic amines) is 1. The normalized spacial score (nSPS) is 21.0. The number of nitrogens with zero attached hydrogens (tertiary/aromatic N) is 3. The third-order valence-electron chi connectivity index (χ3n) is 5.74. The Hall–Kier alpha value is -1.50. The van der Waals surface area contributed by atoms with E-state index in [2.05, 4.69) is 16.0 Å². The van der Waals surface area contributed by atoms with Gasteiger partial charge in [0.25, 0.3) is 0 Å². The summed E-state index contributed by atoms with van der Waals surface area (Å²) >= 11 is 0. The van der Waals surface area contributed by atoms with Gasteiger partial charge in [0.15, 0.2) is 0 Å².